The van der Waals surface area contributed by atoms with Crippen LogP contribution in [0.25, 0.3) is 0 Å². The summed E-state index contributed by atoms with van der Waals surface area (Å²) in [4.78, 5) is 12.8. The molecule has 31 heavy (non-hydrogen) atoms. The zero-order chi connectivity index (χ0) is 22.4. The van der Waals surface area contributed by atoms with E-state index in [1.165, 1.54) is 12.1 Å². The highest BCUT2D eigenvalue weighted by Crippen LogP contribution is 2.50. The number of benzene rings is 2. The number of Topliss-reactive ketones (excluding diaryl/α,β-unsaturated/α-hetero) is 1. The number of ketones is 1. The predicted molar refractivity (Wildman–Crippen MR) is 103 cm³/mol. The molecule has 0 saturated carbocycles. The Bertz CT molecular complexity index is 987. The van der Waals surface area contributed by atoms with E-state index in [1.54, 1.807) is 12.1 Å². The van der Waals surface area contributed by atoms with E-state index in [2.05, 4.69) is 0 Å². The number of hydrogen-bond acceptors (Lipinski definition) is 10. The van der Waals surface area contributed by atoms with Crippen LogP contribution >= 0.6 is 0 Å². The fraction of sp³-hybridized carbons (Fsp3) is 0.381. The number of phenolic OH excluding ortho intramolecular Hbond substituents is 3. The zero-order valence-electron chi connectivity index (χ0n) is 16.1. The van der Waals surface area contributed by atoms with Crippen LogP contribution in [0.4, 0.5) is 0 Å². The summed E-state index contributed by atoms with van der Waals surface area (Å²) in [6, 6.07) is 6.83. The summed E-state index contributed by atoms with van der Waals surface area (Å²) in [6.45, 7) is -0.682. The minimum atomic E-state index is -1.73. The third kappa shape index (κ3) is 3.58. The van der Waals surface area contributed by atoms with Gasteiger partial charge in [0.15, 0.2) is 5.78 Å². The summed E-state index contributed by atoms with van der Waals surface area (Å²) in [6.07, 6.45) is -8.75. The molecular weight excluding hydrogens is 412 g/mol. The molecule has 10 nitrogen and oxygen atoms in total. The van der Waals surface area contributed by atoms with E-state index < -0.39 is 60.5 Å². The standard InChI is InChI=1S/C21H22O10/c22-7-14-17(27)18(28)19(29)21(31-14)16-11(25)5-10(24)15-12(26)6-13(30-20(15)16)8-1-3-9(23)4-2-8/h1-5,13-14,17-19,21-25,27-29H,6-7H2/t13-,14?,17+,18?,19-,21-/m0/s1. The zero-order valence-corrected chi connectivity index (χ0v) is 16.1. The molecular formula is C21H22O10. The van der Waals surface area contributed by atoms with E-state index in [0.29, 0.717) is 5.56 Å². The van der Waals surface area contributed by atoms with E-state index in [-0.39, 0.29) is 29.0 Å². The number of hydrogen-bond donors (Lipinski definition) is 7. The van der Waals surface area contributed by atoms with Crippen molar-refractivity contribution >= 4 is 5.78 Å². The molecule has 1 fully saturated rings. The van der Waals surface area contributed by atoms with Crippen molar-refractivity contribution in [2.45, 2.75) is 43.0 Å². The van der Waals surface area contributed by atoms with Crippen molar-refractivity contribution in [2.24, 2.45) is 0 Å². The van der Waals surface area contributed by atoms with Gasteiger partial charge in [0, 0.05) is 6.07 Å². The van der Waals surface area contributed by atoms with Gasteiger partial charge in [0.25, 0.3) is 0 Å². The second-order valence-corrected chi connectivity index (χ2v) is 7.61. The first-order valence-corrected chi connectivity index (χ1v) is 9.61. The SMILES string of the molecule is O=C1C[C@@H](c2ccc(O)cc2)Oc2c1c(O)cc(O)c2[C@@H]1OC(CO)[C@@H](O)C(O)[C@@H]1O. The Morgan fingerprint density at radius 3 is 2.26 bits per heavy atom. The molecule has 1 saturated heterocycles. The molecule has 0 bridgehead atoms. The molecule has 0 aliphatic carbocycles. The number of carbonyl (C=O) groups is 1. The number of aromatic hydroxyl groups is 3. The molecule has 6 atom stereocenters. The second-order valence-electron chi connectivity index (χ2n) is 7.61. The van der Waals surface area contributed by atoms with Crippen LogP contribution in [0, 0.1) is 0 Å². The molecule has 7 N–H and O–H groups in total. The molecule has 10 heteroatoms. The van der Waals surface area contributed by atoms with Gasteiger partial charge in [-0.25, -0.2) is 0 Å². The number of phenols is 3. The predicted octanol–water partition coefficient (Wildman–Crippen LogP) is 0.0248. The molecule has 2 aromatic carbocycles. The lowest BCUT2D eigenvalue weighted by atomic mass is 9.87. The second kappa shape index (κ2) is 7.98. The Morgan fingerprint density at radius 1 is 0.935 bits per heavy atom. The van der Waals surface area contributed by atoms with Gasteiger partial charge >= 0.3 is 0 Å². The van der Waals surface area contributed by atoms with Crippen molar-refractivity contribution < 1.29 is 50.0 Å². The minimum absolute atomic E-state index is 0.0172. The van der Waals surface area contributed by atoms with Gasteiger partial charge in [0.2, 0.25) is 0 Å². The van der Waals surface area contributed by atoms with Crippen LogP contribution < -0.4 is 4.74 Å². The summed E-state index contributed by atoms with van der Waals surface area (Å²) >= 11 is 0. The smallest absolute Gasteiger partial charge is 0.174 e. The lowest BCUT2D eigenvalue weighted by Crippen LogP contribution is -2.55. The summed E-state index contributed by atoms with van der Waals surface area (Å²) in [7, 11) is 0. The Balaban J connectivity index is 1.81. The quantitative estimate of drug-likeness (QED) is 0.348. The van der Waals surface area contributed by atoms with Crippen LogP contribution in [-0.2, 0) is 4.74 Å². The number of ether oxygens (including phenoxy) is 2. The maximum Gasteiger partial charge on any atom is 0.174 e. The normalized spacial score (nSPS) is 30.5. The topological polar surface area (TPSA) is 177 Å². The minimum Gasteiger partial charge on any atom is -0.508 e. The van der Waals surface area contributed by atoms with Gasteiger partial charge in [-0.2, -0.15) is 0 Å². The average Bonchev–Trinajstić information content (AvgIpc) is 2.73. The van der Waals surface area contributed by atoms with Crippen molar-refractivity contribution in [3.8, 4) is 23.0 Å². The molecule has 0 aromatic heterocycles. The van der Waals surface area contributed by atoms with E-state index >= 15 is 0 Å². The molecule has 2 heterocycles. The van der Waals surface area contributed by atoms with Crippen molar-refractivity contribution in [3.05, 3.63) is 47.0 Å². The first-order valence-electron chi connectivity index (χ1n) is 9.61. The molecule has 4 rings (SSSR count). The summed E-state index contributed by atoms with van der Waals surface area (Å²) in [5.41, 5.74) is 0.112. The highest BCUT2D eigenvalue weighted by Gasteiger charge is 2.47. The largest absolute Gasteiger partial charge is 0.508 e. The molecule has 0 amide bonds. The van der Waals surface area contributed by atoms with Gasteiger partial charge in [-0.1, -0.05) is 12.1 Å². The van der Waals surface area contributed by atoms with Crippen molar-refractivity contribution in [3.63, 3.8) is 0 Å². The van der Waals surface area contributed by atoms with Crippen LogP contribution in [-0.4, -0.2) is 72.6 Å². The average molecular weight is 434 g/mol. The maximum absolute atomic E-state index is 12.8. The fourth-order valence-corrected chi connectivity index (χ4v) is 3.98. The molecule has 2 aliphatic rings. The van der Waals surface area contributed by atoms with Crippen LogP contribution in [0.2, 0.25) is 0 Å². The maximum atomic E-state index is 12.8. The number of carbonyl (C=O) groups excluding carboxylic acids is 1. The lowest BCUT2D eigenvalue weighted by molar-refractivity contribution is -0.232. The van der Waals surface area contributed by atoms with Gasteiger partial charge in [0.1, 0.15) is 65.2 Å². The van der Waals surface area contributed by atoms with Gasteiger partial charge in [0.05, 0.1) is 18.6 Å². The summed E-state index contributed by atoms with van der Waals surface area (Å²) in [5.74, 6) is -1.82. The van der Waals surface area contributed by atoms with Crippen LogP contribution in [0.1, 0.15) is 40.1 Å². The molecule has 0 radical (unpaired) electrons. The van der Waals surface area contributed by atoms with E-state index in [0.717, 1.165) is 6.07 Å². The highest BCUT2D eigenvalue weighted by atomic mass is 16.5. The Kier molecular flexibility index (Phi) is 5.50. The van der Waals surface area contributed by atoms with Crippen LogP contribution in [0.15, 0.2) is 30.3 Å². The highest BCUT2D eigenvalue weighted by molar-refractivity contribution is 6.03. The monoisotopic (exact) mass is 434 g/mol. The third-order valence-electron chi connectivity index (χ3n) is 5.63. The molecule has 2 aromatic rings. The summed E-state index contributed by atoms with van der Waals surface area (Å²) < 4.78 is 11.5. The van der Waals surface area contributed by atoms with Gasteiger partial charge in [-0.3, -0.25) is 4.79 Å². The van der Waals surface area contributed by atoms with E-state index in [9.17, 15) is 40.5 Å². The Hall–Kier alpha value is -2.89. The van der Waals surface area contributed by atoms with E-state index in [4.69, 9.17) is 9.47 Å². The number of rotatable bonds is 3. The third-order valence-corrected chi connectivity index (χ3v) is 5.63. The number of fused-ring (bicyclic) bond motifs is 1. The Morgan fingerprint density at radius 2 is 1.61 bits per heavy atom. The number of aliphatic hydroxyl groups excluding tert-OH is 4. The van der Waals surface area contributed by atoms with Gasteiger partial charge in [-0.05, 0) is 17.7 Å². The van der Waals surface area contributed by atoms with Crippen LogP contribution in [0.5, 0.6) is 23.0 Å². The molecule has 0 spiro atoms. The van der Waals surface area contributed by atoms with Gasteiger partial charge in [-0.15, -0.1) is 0 Å². The van der Waals surface area contributed by atoms with Crippen molar-refractivity contribution in [1.82, 2.24) is 0 Å². The molecule has 2 aliphatic heterocycles. The van der Waals surface area contributed by atoms with E-state index in [1.807, 2.05) is 0 Å². The first kappa shape index (κ1) is 21.3. The lowest BCUT2D eigenvalue weighted by Gasteiger charge is -2.41. The summed E-state index contributed by atoms with van der Waals surface area (Å²) in [5, 5.41) is 70.4. The first-order chi connectivity index (χ1) is 14.7. The molecule has 166 valence electrons. The van der Waals surface area contributed by atoms with Gasteiger partial charge < -0.3 is 45.2 Å². The molecule has 2 unspecified atom stereocenters. The number of aliphatic hydroxyl groups is 4. The van der Waals surface area contributed by atoms with Crippen LogP contribution in [0.3, 0.4) is 0 Å². The van der Waals surface area contributed by atoms with Crippen molar-refractivity contribution in [2.75, 3.05) is 6.61 Å². The van der Waals surface area contributed by atoms with Crippen molar-refractivity contribution in [1.29, 1.82) is 0 Å². The Labute approximate surface area is 176 Å². The fourth-order valence-electron chi connectivity index (χ4n) is 3.98.